The van der Waals surface area contributed by atoms with Gasteiger partial charge in [0.05, 0.1) is 0 Å². The topological polar surface area (TPSA) is 64.6 Å². The number of benzene rings is 2. The zero-order valence-corrected chi connectivity index (χ0v) is 17.2. The van der Waals surface area contributed by atoms with Crippen LogP contribution in [0, 0.1) is 0 Å². The smallest absolute Gasteiger partial charge is 0.411 e. The quantitative estimate of drug-likeness (QED) is 0.573. The average molecular weight is 393 g/mol. The van der Waals surface area contributed by atoms with E-state index >= 15 is 0 Å². The number of fused-ring (bicyclic) bond motifs is 1. The second-order valence-corrected chi connectivity index (χ2v) is 8.18. The van der Waals surface area contributed by atoms with Crippen molar-refractivity contribution in [1.29, 1.82) is 0 Å². The molecule has 0 bridgehead atoms. The van der Waals surface area contributed by atoms with Gasteiger partial charge in [-0.1, -0.05) is 42.0 Å². The Morgan fingerprint density at radius 1 is 1.03 bits per heavy atom. The summed E-state index contributed by atoms with van der Waals surface area (Å²) >= 11 is 0. The Balaban J connectivity index is 1.57. The minimum atomic E-state index is -0.490. The molecule has 5 nitrogen and oxygen atoms in total. The summed E-state index contributed by atoms with van der Waals surface area (Å²) in [6.45, 7) is 5.81. The first-order chi connectivity index (χ1) is 13.8. The summed E-state index contributed by atoms with van der Waals surface area (Å²) in [5, 5.41) is 2.78. The van der Waals surface area contributed by atoms with E-state index < -0.39 is 11.7 Å². The molecule has 0 saturated carbocycles. The summed E-state index contributed by atoms with van der Waals surface area (Å²) in [6.07, 6.45) is 3.47. The van der Waals surface area contributed by atoms with Crippen molar-refractivity contribution in [2.24, 2.45) is 0 Å². The van der Waals surface area contributed by atoms with E-state index in [9.17, 15) is 9.59 Å². The Morgan fingerprint density at radius 2 is 1.79 bits per heavy atom. The predicted octanol–water partition coefficient (Wildman–Crippen LogP) is 5.19. The molecule has 2 aromatic carbocycles. The summed E-state index contributed by atoms with van der Waals surface area (Å²) in [5.74, 6) is -0.296. The third kappa shape index (κ3) is 6.49. The second kappa shape index (κ2) is 8.95. The van der Waals surface area contributed by atoms with Gasteiger partial charge in [0.15, 0.2) is 0 Å². The fourth-order valence-corrected chi connectivity index (χ4v) is 3.24. The lowest BCUT2D eigenvalue weighted by Gasteiger charge is -2.21. The van der Waals surface area contributed by atoms with E-state index in [1.54, 1.807) is 6.08 Å². The molecule has 0 aromatic heterocycles. The van der Waals surface area contributed by atoms with Crippen LogP contribution in [-0.4, -0.2) is 17.7 Å². The molecule has 1 amide bonds. The molecule has 1 aliphatic rings. The van der Waals surface area contributed by atoms with Gasteiger partial charge < -0.3 is 9.47 Å². The van der Waals surface area contributed by atoms with Crippen LogP contribution in [0.2, 0.25) is 0 Å². The molecule has 0 atom stereocenters. The monoisotopic (exact) mass is 393 g/mol. The normalized spacial score (nSPS) is 14.8. The van der Waals surface area contributed by atoms with E-state index in [1.165, 1.54) is 5.56 Å². The van der Waals surface area contributed by atoms with Crippen LogP contribution in [0.4, 0.5) is 10.5 Å². The molecule has 0 spiro atoms. The maximum Gasteiger partial charge on any atom is 0.411 e. The van der Waals surface area contributed by atoms with Crippen LogP contribution < -0.4 is 5.32 Å². The number of hydrogen-bond acceptors (Lipinski definition) is 4. The van der Waals surface area contributed by atoms with Gasteiger partial charge in [-0.25, -0.2) is 9.59 Å². The Hall–Kier alpha value is -3.08. The van der Waals surface area contributed by atoms with E-state index in [4.69, 9.17) is 9.47 Å². The van der Waals surface area contributed by atoms with Crippen LogP contribution in [0.15, 0.2) is 60.2 Å². The van der Waals surface area contributed by atoms with Gasteiger partial charge in [0, 0.05) is 11.8 Å². The number of amides is 1. The van der Waals surface area contributed by atoms with Gasteiger partial charge in [0.25, 0.3) is 0 Å². The summed E-state index contributed by atoms with van der Waals surface area (Å²) < 4.78 is 10.6. The maximum atomic E-state index is 12.0. The van der Waals surface area contributed by atoms with Gasteiger partial charge >= 0.3 is 12.1 Å². The Bertz CT molecular complexity index is 910. The molecule has 0 radical (unpaired) electrons. The number of carbonyl (C=O) groups excluding carboxylic acids is 2. The molecule has 0 heterocycles. The molecule has 152 valence electrons. The number of nitrogens with one attached hydrogen (secondary N) is 1. The van der Waals surface area contributed by atoms with Gasteiger partial charge in [0.2, 0.25) is 0 Å². The van der Waals surface area contributed by atoms with Gasteiger partial charge in [0.1, 0.15) is 12.2 Å². The zero-order chi connectivity index (χ0) is 20.9. The van der Waals surface area contributed by atoms with Crippen LogP contribution >= 0.6 is 0 Å². The molecule has 0 fully saturated rings. The highest BCUT2D eigenvalue weighted by Crippen LogP contribution is 2.28. The van der Waals surface area contributed by atoms with Crippen LogP contribution in [-0.2, 0) is 33.7 Å². The summed E-state index contributed by atoms with van der Waals surface area (Å²) in [6, 6.07) is 15.4. The SMILES string of the molecule is CC(C)(C)OC(=O)/C=C1\CCc2cc(NC(=O)OCc3ccccc3)ccc2C1. The standard InChI is InChI=1S/C24H27NO4/c1-24(2,3)29-22(26)14-18-9-10-20-15-21(12-11-19(20)13-18)25-23(27)28-16-17-7-5-4-6-8-17/h4-8,11-12,14-15H,9-10,13,16H2,1-3H3,(H,25,27)/b18-14+. The molecule has 5 heteroatoms. The molecular weight excluding hydrogens is 366 g/mol. The molecule has 1 aliphatic carbocycles. The second-order valence-electron chi connectivity index (χ2n) is 8.18. The lowest BCUT2D eigenvalue weighted by atomic mass is 9.87. The molecule has 3 rings (SSSR count). The summed E-state index contributed by atoms with van der Waals surface area (Å²) in [7, 11) is 0. The van der Waals surface area contributed by atoms with Crippen molar-refractivity contribution in [3.05, 3.63) is 76.9 Å². The van der Waals surface area contributed by atoms with E-state index in [0.717, 1.165) is 29.5 Å². The van der Waals surface area contributed by atoms with Gasteiger partial charge in [-0.3, -0.25) is 5.32 Å². The number of esters is 1. The third-order valence-corrected chi connectivity index (χ3v) is 4.53. The number of hydrogen-bond donors (Lipinski definition) is 1. The van der Waals surface area contributed by atoms with E-state index in [1.807, 2.05) is 69.3 Å². The van der Waals surface area contributed by atoms with E-state index in [-0.39, 0.29) is 12.6 Å². The average Bonchev–Trinajstić information content (AvgIpc) is 2.66. The highest BCUT2D eigenvalue weighted by molar-refractivity contribution is 5.85. The van der Waals surface area contributed by atoms with E-state index in [0.29, 0.717) is 12.1 Å². The zero-order valence-electron chi connectivity index (χ0n) is 17.2. The molecular formula is C24H27NO4. The number of ether oxygens (including phenoxy) is 2. The lowest BCUT2D eigenvalue weighted by Crippen LogP contribution is -2.23. The number of carbonyl (C=O) groups is 2. The van der Waals surface area contributed by atoms with Crippen LogP contribution in [0.25, 0.3) is 0 Å². The number of aryl methyl sites for hydroxylation is 1. The van der Waals surface area contributed by atoms with Crippen LogP contribution in [0.5, 0.6) is 0 Å². The van der Waals surface area contributed by atoms with Crippen molar-refractivity contribution < 1.29 is 19.1 Å². The van der Waals surface area contributed by atoms with Gasteiger partial charge in [-0.2, -0.15) is 0 Å². The fraction of sp³-hybridized carbons (Fsp3) is 0.333. The highest BCUT2D eigenvalue weighted by Gasteiger charge is 2.18. The van der Waals surface area contributed by atoms with Crippen molar-refractivity contribution in [2.75, 3.05) is 5.32 Å². The van der Waals surface area contributed by atoms with Crippen molar-refractivity contribution in [1.82, 2.24) is 0 Å². The van der Waals surface area contributed by atoms with Gasteiger partial charge in [-0.15, -0.1) is 0 Å². The summed E-state index contributed by atoms with van der Waals surface area (Å²) in [5.41, 5.74) is 4.56. The van der Waals surface area contributed by atoms with Crippen molar-refractivity contribution in [3.8, 4) is 0 Å². The number of rotatable bonds is 4. The maximum absolute atomic E-state index is 12.0. The largest absolute Gasteiger partial charge is 0.457 e. The highest BCUT2D eigenvalue weighted by atomic mass is 16.6. The molecule has 2 aromatic rings. The van der Waals surface area contributed by atoms with E-state index in [2.05, 4.69) is 5.32 Å². The fourth-order valence-electron chi connectivity index (χ4n) is 3.24. The van der Waals surface area contributed by atoms with Crippen molar-refractivity contribution in [2.45, 2.75) is 52.2 Å². The van der Waals surface area contributed by atoms with Crippen molar-refractivity contribution in [3.63, 3.8) is 0 Å². The first-order valence-corrected chi connectivity index (χ1v) is 9.80. The van der Waals surface area contributed by atoms with Gasteiger partial charge in [-0.05, 0) is 68.9 Å². The number of anilines is 1. The third-order valence-electron chi connectivity index (χ3n) is 4.53. The molecule has 1 N–H and O–H groups in total. The van der Waals surface area contributed by atoms with Crippen molar-refractivity contribution >= 4 is 17.7 Å². The molecule has 0 saturated heterocycles. The Morgan fingerprint density at radius 3 is 2.52 bits per heavy atom. The summed E-state index contributed by atoms with van der Waals surface area (Å²) in [4.78, 5) is 24.1. The van der Waals surface area contributed by atoms with Crippen LogP contribution in [0.3, 0.4) is 0 Å². The molecule has 0 aliphatic heterocycles. The minimum absolute atomic E-state index is 0.233. The predicted molar refractivity (Wildman–Crippen MR) is 113 cm³/mol. The first-order valence-electron chi connectivity index (χ1n) is 9.80. The lowest BCUT2D eigenvalue weighted by molar-refractivity contribution is -0.148. The first kappa shape index (κ1) is 20.6. The van der Waals surface area contributed by atoms with Crippen LogP contribution in [0.1, 0.15) is 43.9 Å². The molecule has 29 heavy (non-hydrogen) atoms. The Labute approximate surface area is 171 Å². The minimum Gasteiger partial charge on any atom is -0.457 e. The Kier molecular flexibility index (Phi) is 6.37. The number of allylic oxidation sites excluding steroid dienone is 1. The molecule has 0 unspecified atom stereocenters.